The fourth-order valence-corrected chi connectivity index (χ4v) is 2.47. The predicted octanol–water partition coefficient (Wildman–Crippen LogP) is 4.30. The molecular weight excluding hydrogens is 309 g/mol. The molecule has 0 heterocycles. The number of hydrogen-bond donors (Lipinski definition) is 1. The third-order valence-corrected chi connectivity index (χ3v) is 3.69. The smallest absolute Gasteiger partial charge is 0.161 e. The highest BCUT2D eigenvalue weighted by Crippen LogP contribution is 2.27. The summed E-state index contributed by atoms with van der Waals surface area (Å²) in [5.74, 6) is 1.45. The van der Waals surface area contributed by atoms with E-state index in [0.29, 0.717) is 23.1 Å². The molecule has 0 atom stereocenters. The molecule has 112 valence electrons. The van der Waals surface area contributed by atoms with Crippen molar-refractivity contribution in [1.82, 2.24) is 5.32 Å². The summed E-state index contributed by atoms with van der Waals surface area (Å²) >= 11 is 12.0. The van der Waals surface area contributed by atoms with Crippen LogP contribution in [0, 0.1) is 0 Å². The Balaban J connectivity index is 1.97. The lowest BCUT2D eigenvalue weighted by atomic mass is 10.2. The molecule has 0 spiro atoms. The Morgan fingerprint density at radius 2 is 1.67 bits per heavy atom. The highest BCUT2D eigenvalue weighted by Gasteiger charge is 2.05. The Morgan fingerprint density at radius 3 is 2.33 bits per heavy atom. The van der Waals surface area contributed by atoms with Crippen LogP contribution in [0.25, 0.3) is 0 Å². The summed E-state index contributed by atoms with van der Waals surface area (Å²) < 4.78 is 10.5. The zero-order valence-electron chi connectivity index (χ0n) is 12.0. The first kappa shape index (κ1) is 16.0. The predicted molar refractivity (Wildman–Crippen MR) is 86.6 cm³/mol. The Labute approximate surface area is 134 Å². The van der Waals surface area contributed by atoms with Gasteiger partial charge in [0.15, 0.2) is 11.5 Å². The van der Waals surface area contributed by atoms with Crippen LogP contribution in [0.5, 0.6) is 11.5 Å². The van der Waals surface area contributed by atoms with Crippen molar-refractivity contribution >= 4 is 23.2 Å². The van der Waals surface area contributed by atoms with Gasteiger partial charge in [0.2, 0.25) is 0 Å². The van der Waals surface area contributed by atoms with E-state index in [1.54, 1.807) is 20.3 Å². The van der Waals surface area contributed by atoms with Crippen molar-refractivity contribution in [3.63, 3.8) is 0 Å². The first-order valence-electron chi connectivity index (χ1n) is 6.49. The van der Waals surface area contributed by atoms with Gasteiger partial charge in [-0.1, -0.05) is 35.3 Å². The van der Waals surface area contributed by atoms with Crippen LogP contribution in [0.4, 0.5) is 0 Å². The maximum atomic E-state index is 6.14. The van der Waals surface area contributed by atoms with Gasteiger partial charge in [0.25, 0.3) is 0 Å². The van der Waals surface area contributed by atoms with Crippen LogP contribution < -0.4 is 14.8 Å². The van der Waals surface area contributed by atoms with Crippen LogP contribution >= 0.6 is 23.2 Å². The molecule has 5 heteroatoms. The molecule has 0 aliphatic rings. The topological polar surface area (TPSA) is 30.5 Å². The molecule has 2 aromatic rings. The number of halogens is 2. The van der Waals surface area contributed by atoms with Gasteiger partial charge in [0.05, 0.1) is 14.2 Å². The molecule has 1 N–H and O–H groups in total. The summed E-state index contributed by atoms with van der Waals surface area (Å²) in [7, 11) is 3.25. The van der Waals surface area contributed by atoms with E-state index >= 15 is 0 Å². The highest BCUT2D eigenvalue weighted by molar-refractivity contribution is 6.35. The Bertz CT molecular complexity index is 617. The van der Waals surface area contributed by atoms with Crippen molar-refractivity contribution in [3.05, 3.63) is 57.6 Å². The average molecular weight is 326 g/mol. The third-order valence-electron chi connectivity index (χ3n) is 3.11. The standard InChI is InChI=1S/C16H17Cl2NO2/c1-20-15-6-3-11(7-16(15)21-2)9-19-10-12-4-5-13(17)8-14(12)18/h3-8,19H,9-10H2,1-2H3. The Kier molecular flexibility index (Phi) is 5.74. The lowest BCUT2D eigenvalue weighted by Crippen LogP contribution is -2.13. The number of nitrogens with one attached hydrogen (secondary N) is 1. The third kappa shape index (κ3) is 4.27. The minimum absolute atomic E-state index is 0.642. The quantitative estimate of drug-likeness (QED) is 0.858. The van der Waals surface area contributed by atoms with Gasteiger partial charge in [-0.15, -0.1) is 0 Å². The molecule has 0 unspecified atom stereocenters. The van der Waals surface area contributed by atoms with Crippen molar-refractivity contribution < 1.29 is 9.47 Å². The number of hydrogen-bond acceptors (Lipinski definition) is 3. The van der Waals surface area contributed by atoms with Gasteiger partial charge in [-0.3, -0.25) is 0 Å². The normalized spacial score (nSPS) is 10.5. The fourth-order valence-electron chi connectivity index (χ4n) is 2.00. The molecule has 0 amide bonds. The zero-order chi connectivity index (χ0) is 15.2. The first-order chi connectivity index (χ1) is 10.1. The fraction of sp³-hybridized carbons (Fsp3) is 0.250. The van der Waals surface area contributed by atoms with Gasteiger partial charge in [-0.05, 0) is 35.4 Å². The lowest BCUT2D eigenvalue weighted by molar-refractivity contribution is 0.354. The minimum Gasteiger partial charge on any atom is -0.493 e. The van der Waals surface area contributed by atoms with Crippen LogP contribution in [0.1, 0.15) is 11.1 Å². The molecule has 0 saturated heterocycles. The van der Waals surface area contributed by atoms with Gasteiger partial charge in [-0.25, -0.2) is 0 Å². The second-order valence-electron chi connectivity index (χ2n) is 4.53. The molecule has 0 radical (unpaired) electrons. The SMILES string of the molecule is COc1ccc(CNCc2ccc(Cl)cc2Cl)cc1OC. The van der Waals surface area contributed by atoms with Crippen molar-refractivity contribution in [3.8, 4) is 11.5 Å². The molecule has 2 rings (SSSR count). The van der Waals surface area contributed by atoms with Crippen molar-refractivity contribution in [2.24, 2.45) is 0 Å². The lowest BCUT2D eigenvalue weighted by Gasteiger charge is -2.11. The molecular formula is C16H17Cl2NO2. The molecule has 0 aliphatic heterocycles. The van der Waals surface area contributed by atoms with Gasteiger partial charge >= 0.3 is 0 Å². The van der Waals surface area contributed by atoms with Gasteiger partial charge < -0.3 is 14.8 Å². The maximum Gasteiger partial charge on any atom is 0.161 e. The second-order valence-corrected chi connectivity index (χ2v) is 5.37. The second kappa shape index (κ2) is 7.55. The van der Waals surface area contributed by atoms with Crippen LogP contribution in [-0.2, 0) is 13.1 Å². The maximum absolute atomic E-state index is 6.14. The summed E-state index contributed by atoms with van der Waals surface area (Å²) in [5.41, 5.74) is 2.12. The molecule has 2 aromatic carbocycles. The Morgan fingerprint density at radius 1 is 0.905 bits per heavy atom. The van der Waals surface area contributed by atoms with Crippen molar-refractivity contribution in [2.45, 2.75) is 13.1 Å². The van der Waals surface area contributed by atoms with E-state index in [1.165, 1.54) is 0 Å². The highest BCUT2D eigenvalue weighted by atomic mass is 35.5. The molecule has 3 nitrogen and oxygen atoms in total. The molecule has 0 aromatic heterocycles. The van der Waals surface area contributed by atoms with E-state index in [-0.39, 0.29) is 0 Å². The summed E-state index contributed by atoms with van der Waals surface area (Å²) in [6.45, 7) is 1.38. The summed E-state index contributed by atoms with van der Waals surface area (Å²) in [6, 6.07) is 11.3. The summed E-state index contributed by atoms with van der Waals surface area (Å²) in [5, 5.41) is 4.65. The van der Waals surface area contributed by atoms with E-state index in [0.717, 1.165) is 22.6 Å². The van der Waals surface area contributed by atoms with Crippen LogP contribution in [0.2, 0.25) is 10.0 Å². The molecule has 0 aliphatic carbocycles. The average Bonchev–Trinajstić information content (AvgIpc) is 2.49. The number of ether oxygens (including phenoxy) is 2. The van der Waals surface area contributed by atoms with Crippen molar-refractivity contribution in [2.75, 3.05) is 14.2 Å². The number of benzene rings is 2. The van der Waals surface area contributed by atoms with E-state index in [4.69, 9.17) is 32.7 Å². The van der Waals surface area contributed by atoms with Gasteiger partial charge in [0.1, 0.15) is 0 Å². The van der Waals surface area contributed by atoms with E-state index in [9.17, 15) is 0 Å². The number of rotatable bonds is 6. The molecule has 0 bridgehead atoms. The van der Waals surface area contributed by atoms with Crippen LogP contribution in [0.15, 0.2) is 36.4 Å². The molecule has 0 fully saturated rings. The van der Waals surface area contributed by atoms with Crippen molar-refractivity contribution in [1.29, 1.82) is 0 Å². The number of methoxy groups -OCH3 is 2. The summed E-state index contributed by atoms with van der Waals surface area (Å²) in [4.78, 5) is 0. The summed E-state index contributed by atoms with van der Waals surface area (Å²) in [6.07, 6.45) is 0. The zero-order valence-corrected chi connectivity index (χ0v) is 13.5. The van der Waals surface area contributed by atoms with Crippen LogP contribution in [-0.4, -0.2) is 14.2 Å². The molecule has 0 saturated carbocycles. The molecule has 21 heavy (non-hydrogen) atoms. The monoisotopic (exact) mass is 325 g/mol. The largest absolute Gasteiger partial charge is 0.493 e. The van der Waals surface area contributed by atoms with Gasteiger partial charge in [-0.2, -0.15) is 0 Å². The first-order valence-corrected chi connectivity index (χ1v) is 7.25. The van der Waals surface area contributed by atoms with E-state index in [2.05, 4.69) is 5.32 Å². The van der Waals surface area contributed by atoms with Gasteiger partial charge in [0, 0.05) is 23.1 Å². The van der Waals surface area contributed by atoms with Crippen LogP contribution in [0.3, 0.4) is 0 Å². The van der Waals surface area contributed by atoms with E-state index in [1.807, 2.05) is 30.3 Å². The van der Waals surface area contributed by atoms with E-state index < -0.39 is 0 Å². The minimum atomic E-state index is 0.642. The Hall–Kier alpha value is -1.42.